The summed E-state index contributed by atoms with van der Waals surface area (Å²) in [5.74, 6) is 0. The molecule has 0 aliphatic carbocycles. The Labute approximate surface area is 126 Å². The van der Waals surface area contributed by atoms with Crippen molar-refractivity contribution >= 4 is 10.0 Å². The maximum absolute atomic E-state index is 11.8. The van der Waals surface area contributed by atoms with Crippen LogP contribution in [0.2, 0.25) is 0 Å². The van der Waals surface area contributed by atoms with Gasteiger partial charge in [-0.25, -0.2) is 8.42 Å². The quantitative estimate of drug-likeness (QED) is 0.884. The van der Waals surface area contributed by atoms with Crippen molar-refractivity contribution in [3.8, 4) is 0 Å². The van der Waals surface area contributed by atoms with Crippen LogP contribution in [0.3, 0.4) is 0 Å². The third-order valence-corrected chi connectivity index (χ3v) is 5.50. The van der Waals surface area contributed by atoms with Crippen LogP contribution in [0.15, 0.2) is 12.1 Å². The molecule has 1 aromatic carbocycles. The fraction of sp³-hybridized carbons (Fsp3) is 0.600. The fourth-order valence-electron chi connectivity index (χ4n) is 3.20. The molecule has 6 heteroatoms. The lowest BCUT2D eigenvalue weighted by Gasteiger charge is -2.32. The molecule has 2 aliphatic rings. The summed E-state index contributed by atoms with van der Waals surface area (Å²) in [6.07, 6.45) is 2.07. The van der Waals surface area contributed by atoms with Crippen molar-refractivity contribution in [1.82, 2.24) is 9.62 Å². The lowest BCUT2D eigenvalue weighted by Crippen LogP contribution is -2.39. The molecule has 1 N–H and O–H groups in total. The van der Waals surface area contributed by atoms with Gasteiger partial charge < -0.3 is 10.1 Å². The third kappa shape index (κ3) is 3.13. The van der Waals surface area contributed by atoms with Gasteiger partial charge in [-0.2, -0.15) is 4.31 Å². The largest absolute Gasteiger partial charge is 0.378 e. The fourth-order valence-corrected chi connectivity index (χ4v) is 3.98. The first-order chi connectivity index (χ1) is 9.95. The molecular weight excluding hydrogens is 288 g/mol. The number of fused-ring (bicyclic) bond motifs is 1. The number of morpholine rings is 1. The van der Waals surface area contributed by atoms with E-state index in [1.54, 1.807) is 4.31 Å². The Morgan fingerprint density at radius 1 is 1.38 bits per heavy atom. The van der Waals surface area contributed by atoms with E-state index in [9.17, 15) is 8.42 Å². The van der Waals surface area contributed by atoms with Crippen LogP contribution in [0.25, 0.3) is 0 Å². The van der Waals surface area contributed by atoms with Crippen molar-refractivity contribution in [3.63, 3.8) is 0 Å². The first-order valence-electron chi connectivity index (χ1n) is 7.33. The van der Waals surface area contributed by atoms with Crippen molar-refractivity contribution in [2.24, 2.45) is 0 Å². The molecule has 0 unspecified atom stereocenters. The second-order valence-electron chi connectivity index (χ2n) is 5.92. The maximum Gasteiger partial charge on any atom is 0.211 e. The van der Waals surface area contributed by atoms with Crippen molar-refractivity contribution < 1.29 is 13.2 Å². The third-order valence-electron chi connectivity index (χ3n) is 4.25. The van der Waals surface area contributed by atoms with E-state index in [0.717, 1.165) is 25.1 Å². The topological polar surface area (TPSA) is 58.6 Å². The first kappa shape index (κ1) is 15.0. The van der Waals surface area contributed by atoms with Gasteiger partial charge in [0.05, 0.1) is 25.5 Å². The maximum atomic E-state index is 11.8. The second kappa shape index (κ2) is 5.68. The standard InChI is InChI=1S/C15H22N2O3S/c1-11-7-12-3-5-17(21(2,18)19)9-14(12)13(8-11)15-10-20-6-4-16-15/h7-8,15-16H,3-6,9-10H2,1-2H3/t15-/m0/s1. The van der Waals surface area contributed by atoms with Crippen LogP contribution in [0.5, 0.6) is 0 Å². The van der Waals surface area contributed by atoms with E-state index in [1.807, 2.05) is 0 Å². The summed E-state index contributed by atoms with van der Waals surface area (Å²) in [7, 11) is -3.14. The lowest BCUT2D eigenvalue weighted by atomic mass is 9.90. The van der Waals surface area contributed by atoms with E-state index in [0.29, 0.717) is 19.7 Å². The van der Waals surface area contributed by atoms with Crippen molar-refractivity contribution in [1.29, 1.82) is 0 Å². The normalized spacial score (nSPS) is 23.8. The molecule has 3 rings (SSSR count). The van der Waals surface area contributed by atoms with Gasteiger partial charge in [-0.3, -0.25) is 0 Å². The van der Waals surface area contributed by atoms with E-state index in [-0.39, 0.29) is 6.04 Å². The molecule has 0 aromatic heterocycles. The number of aryl methyl sites for hydroxylation is 1. The Morgan fingerprint density at radius 2 is 2.19 bits per heavy atom. The Kier molecular flexibility index (Phi) is 4.05. The van der Waals surface area contributed by atoms with E-state index >= 15 is 0 Å². The minimum Gasteiger partial charge on any atom is -0.378 e. The van der Waals surface area contributed by atoms with E-state index in [1.165, 1.54) is 22.9 Å². The molecule has 1 saturated heterocycles. The number of sulfonamides is 1. The SMILES string of the molecule is Cc1cc2c(c([C@@H]3COCCN3)c1)CN(S(C)(=O)=O)CC2. The Bertz CT molecular complexity index is 637. The second-order valence-corrected chi connectivity index (χ2v) is 7.90. The minimum absolute atomic E-state index is 0.159. The predicted octanol–water partition coefficient (Wildman–Crippen LogP) is 0.974. The summed E-state index contributed by atoms with van der Waals surface area (Å²) in [6, 6.07) is 4.51. The predicted molar refractivity (Wildman–Crippen MR) is 81.7 cm³/mol. The molecule has 116 valence electrons. The van der Waals surface area contributed by atoms with Gasteiger partial charge in [-0.15, -0.1) is 0 Å². The summed E-state index contributed by atoms with van der Waals surface area (Å²) in [5.41, 5.74) is 4.85. The zero-order chi connectivity index (χ0) is 15.0. The summed E-state index contributed by atoms with van der Waals surface area (Å²) in [6.45, 7) is 5.36. The highest BCUT2D eigenvalue weighted by atomic mass is 32.2. The van der Waals surface area contributed by atoms with E-state index in [2.05, 4.69) is 24.4 Å². The van der Waals surface area contributed by atoms with Gasteiger partial charge in [0.15, 0.2) is 0 Å². The van der Waals surface area contributed by atoms with E-state index in [4.69, 9.17) is 4.74 Å². The van der Waals surface area contributed by atoms with Crippen LogP contribution in [0.1, 0.15) is 28.3 Å². The van der Waals surface area contributed by atoms with Crippen molar-refractivity contribution in [3.05, 3.63) is 34.4 Å². The molecule has 1 fully saturated rings. The highest BCUT2D eigenvalue weighted by Crippen LogP contribution is 2.30. The molecular formula is C15H22N2O3S. The Morgan fingerprint density at radius 3 is 2.86 bits per heavy atom. The van der Waals surface area contributed by atoms with Gasteiger partial charge in [-0.1, -0.05) is 17.7 Å². The highest BCUT2D eigenvalue weighted by molar-refractivity contribution is 7.88. The van der Waals surface area contributed by atoms with Crippen LogP contribution < -0.4 is 5.32 Å². The average molecular weight is 310 g/mol. The van der Waals surface area contributed by atoms with Gasteiger partial charge in [0, 0.05) is 19.6 Å². The van der Waals surface area contributed by atoms with Gasteiger partial charge in [0.25, 0.3) is 0 Å². The number of ether oxygens (including phenoxy) is 1. The molecule has 2 aliphatic heterocycles. The molecule has 2 heterocycles. The zero-order valence-electron chi connectivity index (χ0n) is 12.6. The van der Waals surface area contributed by atoms with Crippen LogP contribution in [-0.2, 0) is 27.7 Å². The number of hydrogen-bond acceptors (Lipinski definition) is 4. The van der Waals surface area contributed by atoms with Gasteiger partial charge in [0.2, 0.25) is 10.0 Å². The van der Waals surface area contributed by atoms with Gasteiger partial charge in [-0.05, 0) is 30.0 Å². The molecule has 1 atom stereocenters. The smallest absolute Gasteiger partial charge is 0.211 e. The molecule has 1 aromatic rings. The number of nitrogens with one attached hydrogen (secondary N) is 1. The number of hydrogen-bond donors (Lipinski definition) is 1. The highest BCUT2D eigenvalue weighted by Gasteiger charge is 2.28. The first-order valence-corrected chi connectivity index (χ1v) is 9.18. The molecule has 0 radical (unpaired) electrons. The molecule has 0 spiro atoms. The zero-order valence-corrected chi connectivity index (χ0v) is 13.4. The summed E-state index contributed by atoms with van der Waals surface area (Å²) < 4.78 is 30.8. The Balaban J connectivity index is 1.99. The van der Waals surface area contributed by atoms with Crippen LogP contribution in [0.4, 0.5) is 0 Å². The minimum atomic E-state index is -3.14. The molecule has 0 amide bonds. The van der Waals surface area contributed by atoms with Crippen LogP contribution in [0, 0.1) is 6.92 Å². The van der Waals surface area contributed by atoms with Crippen LogP contribution >= 0.6 is 0 Å². The number of benzene rings is 1. The number of rotatable bonds is 2. The molecule has 0 saturated carbocycles. The van der Waals surface area contributed by atoms with E-state index < -0.39 is 10.0 Å². The molecule has 0 bridgehead atoms. The Hall–Kier alpha value is -0.950. The van der Waals surface area contributed by atoms with Crippen LogP contribution in [-0.4, -0.2) is 45.3 Å². The van der Waals surface area contributed by atoms with Gasteiger partial charge >= 0.3 is 0 Å². The molecule has 5 nitrogen and oxygen atoms in total. The summed E-state index contributed by atoms with van der Waals surface area (Å²) in [5, 5.41) is 3.47. The number of nitrogens with zero attached hydrogens (tertiary/aromatic N) is 1. The lowest BCUT2D eigenvalue weighted by molar-refractivity contribution is 0.0764. The summed E-state index contributed by atoms with van der Waals surface area (Å²) in [4.78, 5) is 0. The molecule has 21 heavy (non-hydrogen) atoms. The average Bonchev–Trinajstić information content (AvgIpc) is 2.46. The summed E-state index contributed by atoms with van der Waals surface area (Å²) >= 11 is 0. The van der Waals surface area contributed by atoms with Crippen molar-refractivity contribution in [2.45, 2.75) is 25.9 Å². The van der Waals surface area contributed by atoms with Crippen molar-refractivity contribution in [2.75, 3.05) is 32.6 Å². The van der Waals surface area contributed by atoms with Gasteiger partial charge in [0.1, 0.15) is 0 Å². The monoisotopic (exact) mass is 310 g/mol.